The Morgan fingerprint density at radius 1 is 1.13 bits per heavy atom. The Kier molecular flexibility index (Phi) is 6.70. The quantitative estimate of drug-likeness (QED) is 0.678. The van der Waals surface area contributed by atoms with Crippen molar-refractivity contribution in [1.82, 2.24) is 20.1 Å². The fourth-order valence-corrected chi connectivity index (χ4v) is 4.98. The second-order valence-corrected chi connectivity index (χ2v) is 9.14. The Hall–Kier alpha value is -2.67. The van der Waals surface area contributed by atoms with Crippen molar-refractivity contribution in [3.05, 3.63) is 70.1 Å². The van der Waals surface area contributed by atoms with Gasteiger partial charge in [0.1, 0.15) is 0 Å². The molecule has 3 heterocycles. The third-order valence-electron chi connectivity index (χ3n) is 6.28. The van der Waals surface area contributed by atoms with Crippen molar-refractivity contribution in [1.29, 1.82) is 0 Å². The number of nitrogens with zero attached hydrogens (tertiary/aromatic N) is 2. The number of pyridine rings is 1. The largest absolute Gasteiger partial charge is 0.354 e. The minimum Gasteiger partial charge on any atom is -0.354 e. The smallest absolute Gasteiger partial charge is 0.250 e. The number of aromatic nitrogens is 1. The lowest BCUT2D eigenvalue weighted by molar-refractivity contribution is -0.120. The average Bonchev–Trinajstić information content (AvgIpc) is 2.77. The Morgan fingerprint density at radius 3 is 2.74 bits per heavy atom. The number of amides is 1. The summed E-state index contributed by atoms with van der Waals surface area (Å²) in [5.41, 5.74) is 2.46. The molecule has 1 aromatic heterocycles. The van der Waals surface area contributed by atoms with Crippen LogP contribution in [0.2, 0.25) is 0 Å². The number of rotatable bonds is 6. The van der Waals surface area contributed by atoms with Crippen LogP contribution in [0.15, 0.2) is 53.3 Å². The first-order valence-corrected chi connectivity index (χ1v) is 11.5. The van der Waals surface area contributed by atoms with Crippen LogP contribution in [0.25, 0.3) is 0 Å². The monoisotopic (exact) mass is 438 g/mol. The number of carbonyl (C=O) groups is 1. The van der Waals surface area contributed by atoms with Crippen LogP contribution < -0.4 is 16.2 Å². The third-order valence-corrected chi connectivity index (χ3v) is 6.69. The number of nitrogens with one attached hydrogen (secondary N) is 2. The molecule has 2 bridgehead atoms. The number of carbonyl (C=O) groups excluding carboxylic acids is 1. The van der Waals surface area contributed by atoms with Gasteiger partial charge in [0, 0.05) is 43.4 Å². The van der Waals surface area contributed by atoms with Crippen molar-refractivity contribution in [3.63, 3.8) is 0 Å². The van der Waals surface area contributed by atoms with Gasteiger partial charge in [-0.15, -0.1) is 0 Å². The van der Waals surface area contributed by atoms with Crippen LogP contribution in [0.4, 0.5) is 0 Å². The molecular weight excluding hydrogens is 408 g/mol. The molecule has 1 aromatic carbocycles. The highest BCUT2D eigenvalue weighted by Crippen LogP contribution is 2.34. The lowest BCUT2D eigenvalue weighted by atomic mass is 9.83. The molecule has 7 heteroatoms. The maximum Gasteiger partial charge on any atom is 0.250 e. The average molecular weight is 439 g/mol. The highest BCUT2D eigenvalue weighted by atomic mass is 32.1. The van der Waals surface area contributed by atoms with E-state index in [2.05, 4.69) is 27.7 Å². The number of fused-ring (bicyclic) bond motifs is 4. The summed E-state index contributed by atoms with van der Waals surface area (Å²) in [5.74, 6) is 0.655. The Morgan fingerprint density at radius 2 is 1.94 bits per heavy atom. The molecule has 2 aromatic rings. The van der Waals surface area contributed by atoms with E-state index in [1.807, 2.05) is 41.8 Å². The van der Waals surface area contributed by atoms with E-state index in [0.717, 1.165) is 44.6 Å². The summed E-state index contributed by atoms with van der Waals surface area (Å²) in [7, 11) is 0. The van der Waals surface area contributed by atoms with Gasteiger partial charge in [-0.3, -0.25) is 9.59 Å². The first-order chi connectivity index (χ1) is 15.0. The fourth-order valence-electron chi connectivity index (χ4n) is 4.76. The van der Waals surface area contributed by atoms with Gasteiger partial charge in [-0.1, -0.05) is 36.4 Å². The molecule has 164 valence electrons. The van der Waals surface area contributed by atoms with Gasteiger partial charge in [0.25, 0.3) is 5.56 Å². The number of hydrogen-bond donors (Lipinski definition) is 2. The van der Waals surface area contributed by atoms with Gasteiger partial charge in [0.2, 0.25) is 5.91 Å². The molecule has 2 aliphatic rings. The SMILES string of the molecule is C[C@@H](CCc1ccccc1)NC(=O)CNC(=S)N1C[C@H]2C[C@@H](C1)c1cccc(=O)n1C2. The molecule has 0 radical (unpaired) electrons. The normalized spacial score (nSPS) is 20.5. The highest BCUT2D eigenvalue weighted by molar-refractivity contribution is 7.80. The van der Waals surface area contributed by atoms with Crippen LogP contribution >= 0.6 is 12.2 Å². The lowest BCUT2D eigenvalue weighted by Crippen LogP contribution is -2.53. The second-order valence-electron chi connectivity index (χ2n) is 8.75. The van der Waals surface area contributed by atoms with E-state index in [-0.39, 0.29) is 24.1 Å². The van der Waals surface area contributed by atoms with E-state index < -0.39 is 0 Å². The van der Waals surface area contributed by atoms with E-state index in [1.54, 1.807) is 6.07 Å². The molecule has 2 aliphatic heterocycles. The van der Waals surface area contributed by atoms with Gasteiger partial charge in [-0.05, 0) is 56.0 Å². The highest BCUT2D eigenvalue weighted by Gasteiger charge is 2.35. The molecule has 0 spiro atoms. The number of hydrogen-bond acceptors (Lipinski definition) is 3. The van der Waals surface area contributed by atoms with E-state index in [1.165, 1.54) is 5.56 Å². The topological polar surface area (TPSA) is 66.4 Å². The molecule has 2 N–H and O–H groups in total. The zero-order valence-electron chi connectivity index (χ0n) is 17.9. The Bertz CT molecular complexity index is 991. The predicted octanol–water partition coefficient (Wildman–Crippen LogP) is 2.28. The van der Waals surface area contributed by atoms with Gasteiger partial charge in [-0.25, -0.2) is 0 Å². The second kappa shape index (κ2) is 9.64. The minimum atomic E-state index is -0.0444. The van der Waals surface area contributed by atoms with Crippen molar-refractivity contribution in [2.24, 2.45) is 5.92 Å². The van der Waals surface area contributed by atoms with E-state index in [4.69, 9.17) is 12.2 Å². The van der Waals surface area contributed by atoms with Gasteiger partial charge < -0.3 is 20.1 Å². The van der Waals surface area contributed by atoms with Gasteiger partial charge >= 0.3 is 0 Å². The molecule has 1 amide bonds. The third kappa shape index (κ3) is 5.34. The van der Waals surface area contributed by atoms with Crippen molar-refractivity contribution < 1.29 is 4.79 Å². The van der Waals surface area contributed by atoms with E-state index in [9.17, 15) is 9.59 Å². The number of aryl methyl sites for hydroxylation is 1. The summed E-state index contributed by atoms with van der Waals surface area (Å²) < 4.78 is 1.91. The first kappa shape index (κ1) is 21.6. The van der Waals surface area contributed by atoms with Gasteiger partial charge in [-0.2, -0.15) is 0 Å². The van der Waals surface area contributed by atoms with Crippen LogP contribution in [0.5, 0.6) is 0 Å². The van der Waals surface area contributed by atoms with Crippen LogP contribution in [-0.4, -0.2) is 46.2 Å². The molecular formula is C24H30N4O2S. The van der Waals surface area contributed by atoms with Crippen LogP contribution in [0.1, 0.15) is 36.9 Å². The molecule has 0 unspecified atom stereocenters. The maximum atomic E-state index is 12.4. The summed E-state index contributed by atoms with van der Waals surface area (Å²) in [6.07, 6.45) is 2.92. The van der Waals surface area contributed by atoms with Crippen molar-refractivity contribution in [2.45, 2.75) is 44.7 Å². The Balaban J connectivity index is 1.24. The summed E-state index contributed by atoms with van der Waals surface area (Å²) in [5, 5.41) is 6.80. The molecule has 1 saturated heterocycles. The maximum absolute atomic E-state index is 12.4. The number of likely N-dealkylation sites (tertiary alicyclic amines) is 1. The van der Waals surface area contributed by atoms with E-state index in [0.29, 0.717) is 16.9 Å². The minimum absolute atomic E-state index is 0.0444. The molecule has 0 aliphatic carbocycles. The van der Waals surface area contributed by atoms with Crippen LogP contribution in [0, 0.1) is 5.92 Å². The standard InChI is InChI=1S/C24H30N4O2S/c1-17(10-11-18-6-3-2-4-7-18)26-22(29)13-25-24(31)27-14-19-12-20(16-27)21-8-5-9-23(30)28(21)15-19/h2-9,17,19-20H,10-16H2,1H3,(H,25,31)(H,26,29)/t17-,19+,20-/m0/s1. The molecule has 4 rings (SSSR count). The van der Waals surface area contributed by atoms with Crippen LogP contribution in [0.3, 0.4) is 0 Å². The predicted molar refractivity (Wildman–Crippen MR) is 126 cm³/mol. The summed E-state index contributed by atoms with van der Waals surface area (Å²) >= 11 is 5.59. The fraction of sp³-hybridized carbons (Fsp3) is 0.458. The summed E-state index contributed by atoms with van der Waals surface area (Å²) in [6, 6.07) is 15.9. The van der Waals surface area contributed by atoms with Crippen molar-refractivity contribution in [2.75, 3.05) is 19.6 Å². The Labute approximate surface area is 188 Å². The summed E-state index contributed by atoms with van der Waals surface area (Å²) in [6.45, 7) is 4.55. The molecule has 6 nitrogen and oxygen atoms in total. The van der Waals surface area contributed by atoms with Gasteiger partial charge in [0.15, 0.2) is 5.11 Å². The lowest BCUT2D eigenvalue weighted by Gasteiger charge is -2.43. The first-order valence-electron chi connectivity index (χ1n) is 11.1. The molecule has 1 fully saturated rings. The van der Waals surface area contributed by atoms with Crippen molar-refractivity contribution in [3.8, 4) is 0 Å². The van der Waals surface area contributed by atoms with Gasteiger partial charge in [0.05, 0.1) is 6.54 Å². The zero-order valence-corrected chi connectivity index (χ0v) is 18.7. The summed E-state index contributed by atoms with van der Waals surface area (Å²) in [4.78, 5) is 26.7. The van der Waals surface area contributed by atoms with Crippen molar-refractivity contribution >= 4 is 23.2 Å². The molecule has 0 saturated carbocycles. The zero-order chi connectivity index (χ0) is 21.8. The molecule has 31 heavy (non-hydrogen) atoms. The number of piperidine rings is 1. The number of thiocarbonyl (C=S) groups is 1. The molecule has 3 atom stereocenters. The number of benzene rings is 1. The van der Waals surface area contributed by atoms with E-state index >= 15 is 0 Å². The van der Waals surface area contributed by atoms with Crippen LogP contribution in [-0.2, 0) is 17.8 Å².